The van der Waals surface area contributed by atoms with Crippen LogP contribution in [0.15, 0.2) is 47.4 Å². The molecule has 1 amide bonds. The number of hydrogen-bond acceptors (Lipinski definition) is 7. The minimum Gasteiger partial charge on any atom is -0.497 e. The molecule has 1 aromatic heterocycles. The average molecular weight is 530 g/mol. The first-order chi connectivity index (χ1) is 17.4. The summed E-state index contributed by atoms with van der Waals surface area (Å²) in [5.74, 6) is 0.0645. The number of nitrogens with zero attached hydrogens (tertiary/aromatic N) is 3. The molecule has 2 fully saturated rings. The topological polar surface area (TPSA) is 89.0 Å². The molecule has 2 saturated heterocycles. The Kier molecular flexibility index (Phi) is 7.30. The molecule has 3 aromatic rings. The van der Waals surface area contributed by atoms with Crippen molar-refractivity contribution in [2.75, 3.05) is 38.3 Å². The summed E-state index contributed by atoms with van der Waals surface area (Å²) in [5, 5.41) is 0.648. The fraction of sp³-hybridized carbons (Fsp3) is 0.462. The van der Waals surface area contributed by atoms with Gasteiger partial charge < -0.3 is 9.47 Å². The molecule has 0 N–H and O–H groups in total. The zero-order chi connectivity index (χ0) is 25.3. The number of methoxy groups -OCH3 is 1. The third-order valence-corrected chi connectivity index (χ3v) is 9.87. The Balaban J connectivity index is 1.40. The van der Waals surface area contributed by atoms with Crippen molar-refractivity contribution in [3.8, 4) is 5.75 Å². The summed E-state index contributed by atoms with van der Waals surface area (Å²) in [6.45, 7) is 3.69. The summed E-state index contributed by atoms with van der Waals surface area (Å²) in [5.41, 5.74) is 1.96. The van der Waals surface area contributed by atoms with Gasteiger partial charge in [0.2, 0.25) is 15.9 Å². The van der Waals surface area contributed by atoms with Crippen LogP contribution in [0.5, 0.6) is 5.75 Å². The number of carbonyl (C=O) groups is 1. The van der Waals surface area contributed by atoms with Gasteiger partial charge in [0, 0.05) is 19.7 Å². The second-order valence-corrected chi connectivity index (χ2v) is 12.3. The molecule has 0 spiro atoms. The van der Waals surface area contributed by atoms with E-state index >= 15 is 0 Å². The molecule has 0 aliphatic carbocycles. The lowest BCUT2D eigenvalue weighted by molar-refractivity contribution is -0.123. The largest absolute Gasteiger partial charge is 0.497 e. The molecule has 2 aromatic carbocycles. The highest BCUT2D eigenvalue weighted by Gasteiger charge is 2.37. The molecule has 0 saturated carbocycles. The van der Waals surface area contributed by atoms with E-state index in [1.807, 2.05) is 25.1 Å². The highest BCUT2D eigenvalue weighted by molar-refractivity contribution is 7.89. The van der Waals surface area contributed by atoms with E-state index in [0.717, 1.165) is 28.6 Å². The Bertz CT molecular complexity index is 1330. The molecule has 8 nitrogen and oxygen atoms in total. The van der Waals surface area contributed by atoms with Crippen LogP contribution in [-0.2, 0) is 19.6 Å². The standard InChI is InChI=1S/C26H31N3O5S2/c1-18-6-3-9-23-24(18)27-26(35-23)29(17-21-8-5-15-34-21)25(30)19-7-4-14-28(16-19)36(31,32)22-12-10-20(33-2)11-13-22/h3,6,9-13,19,21H,4-5,7-8,14-17H2,1-2H3. The lowest BCUT2D eigenvalue weighted by Gasteiger charge is -2.34. The Hall–Kier alpha value is -2.53. The number of aryl methyl sites for hydroxylation is 1. The predicted octanol–water partition coefficient (Wildman–Crippen LogP) is 4.23. The zero-order valence-electron chi connectivity index (χ0n) is 20.6. The molecule has 0 bridgehead atoms. The molecule has 5 rings (SSSR count). The van der Waals surface area contributed by atoms with Crippen molar-refractivity contribution < 1.29 is 22.7 Å². The first-order valence-electron chi connectivity index (χ1n) is 12.3. The molecule has 2 atom stereocenters. The SMILES string of the molecule is COc1ccc(S(=O)(=O)N2CCCC(C(=O)N(CC3CCCO3)c3nc4c(C)cccc4s3)C2)cc1. The van der Waals surface area contributed by atoms with Crippen LogP contribution in [0.3, 0.4) is 0 Å². The highest BCUT2D eigenvalue weighted by Crippen LogP contribution is 2.34. The average Bonchev–Trinajstić information content (AvgIpc) is 3.57. The summed E-state index contributed by atoms with van der Waals surface area (Å²) in [6, 6.07) is 12.4. The number of carbonyl (C=O) groups excluding carboxylic acids is 1. The van der Waals surface area contributed by atoms with Crippen LogP contribution in [0.1, 0.15) is 31.2 Å². The van der Waals surface area contributed by atoms with Crippen molar-refractivity contribution in [1.82, 2.24) is 9.29 Å². The van der Waals surface area contributed by atoms with E-state index in [9.17, 15) is 13.2 Å². The molecule has 10 heteroatoms. The van der Waals surface area contributed by atoms with Gasteiger partial charge in [-0.2, -0.15) is 4.31 Å². The van der Waals surface area contributed by atoms with Crippen LogP contribution >= 0.6 is 11.3 Å². The summed E-state index contributed by atoms with van der Waals surface area (Å²) < 4.78 is 40.2. The number of sulfonamides is 1. The third kappa shape index (κ3) is 5.00. The molecule has 2 aliphatic heterocycles. The predicted molar refractivity (Wildman–Crippen MR) is 140 cm³/mol. The number of para-hydroxylation sites is 1. The van der Waals surface area contributed by atoms with Gasteiger partial charge in [-0.25, -0.2) is 13.4 Å². The number of ether oxygens (including phenoxy) is 2. The molecular formula is C26H31N3O5S2. The van der Waals surface area contributed by atoms with Crippen molar-refractivity contribution in [2.45, 2.75) is 43.6 Å². The Morgan fingerprint density at radius 2 is 2.00 bits per heavy atom. The van der Waals surface area contributed by atoms with Crippen LogP contribution in [0.25, 0.3) is 10.2 Å². The number of aromatic nitrogens is 1. The number of amides is 1. The van der Waals surface area contributed by atoms with E-state index in [1.165, 1.54) is 15.6 Å². The number of anilines is 1. The van der Waals surface area contributed by atoms with E-state index in [0.29, 0.717) is 43.4 Å². The minimum absolute atomic E-state index is 0.0372. The minimum atomic E-state index is -3.72. The monoisotopic (exact) mass is 529 g/mol. The van der Waals surface area contributed by atoms with Gasteiger partial charge in [0.1, 0.15) is 5.75 Å². The van der Waals surface area contributed by atoms with Gasteiger partial charge >= 0.3 is 0 Å². The van der Waals surface area contributed by atoms with Gasteiger partial charge in [-0.05, 0) is 68.5 Å². The third-order valence-electron chi connectivity index (χ3n) is 6.95. The lowest BCUT2D eigenvalue weighted by Crippen LogP contribution is -2.48. The van der Waals surface area contributed by atoms with E-state index in [2.05, 4.69) is 0 Å². The second-order valence-electron chi connectivity index (χ2n) is 9.38. The molecule has 2 unspecified atom stereocenters. The first kappa shape index (κ1) is 25.1. The fourth-order valence-electron chi connectivity index (χ4n) is 4.92. The van der Waals surface area contributed by atoms with Crippen molar-refractivity contribution in [1.29, 1.82) is 0 Å². The Morgan fingerprint density at radius 1 is 1.19 bits per heavy atom. The van der Waals surface area contributed by atoms with Gasteiger partial charge in [0.15, 0.2) is 5.13 Å². The number of thiazole rings is 1. The Morgan fingerprint density at radius 3 is 2.69 bits per heavy atom. The molecule has 36 heavy (non-hydrogen) atoms. The molecule has 2 aliphatic rings. The van der Waals surface area contributed by atoms with Crippen molar-refractivity contribution in [2.24, 2.45) is 5.92 Å². The van der Waals surface area contributed by atoms with Gasteiger partial charge in [0.05, 0.1) is 40.8 Å². The summed E-state index contributed by atoms with van der Waals surface area (Å²) in [4.78, 5) is 20.7. The fourth-order valence-corrected chi connectivity index (χ4v) is 7.51. The van der Waals surface area contributed by atoms with E-state index < -0.39 is 15.9 Å². The maximum Gasteiger partial charge on any atom is 0.243 e. The van der Waals surface area contributed by atoms with Gasteiger partial charge in [-0.15, -0.1) is 0 Å². The van der Waals surface area contributed by atoms with E-state index in [-0.39, 0.29) is 23.5 Å². The molecule has 192 valence electrons. The zero-order valence-corrected chi connectivity index (χ0v) is 22.2. The highest BCUT2D eigenvalue weighted by atomic mass is 32.2. The Labute approximate surface area is 215 Å². The van der Waals surface area contributed by atoms with Crippen molar-refractivity contribution in [3.63, 3.8) is 0 Å². The van der Waals surface area contributed by atoms with Crippen molar-refractivity contribution in [3.05, 3.63) is 48.0 Å². The summed E-state index contributed by atoms with van der Waals surface area (Å²) >= 11 is 1.50. The number of hydrogen-bond donors (Lipinski definition) is 0. The summed E-state index contributed by atoms with van der Waals surface area (Å²) in [6.07, 6.45) is 3.10. The normalized spacial score (nSPS) is 21.1. The number of rotatable bonds is 7. The van der Waals surface area contributed by atoms with Crippen LogP contribution in [0, 0.1) is 12.8 Å². The smallest absolute Gasteiger partial charge is 0.243 e. The number of fused-ring (bicyclic) bond motifs is 1. The maximum atomic E-state index is 13.9. The van der Waals surface area contributed by atoms with Crippen LogP contribution < -0.4 is 9.64 Å². The quantitative estimate of drug-likeness (QED) is 0.455. The summed E-state index contributed by atoms with van der Waals surface area (Å²) in [7, 11) is -2.18. The molecule has 0 radical (unpaired) electrons. The van der Waals surface area contributed by atoms with Gasteiger partial charge in [0.25, 0.3) is 0 Å². The van der Waals surface area contributed by atoms with Crippen LogP contribution in [0.2, 0.25) is 0 Å². The van der Waals surface area contributed by atoms with Crippen LogP contribution in [-0.4, -0.2) is 63.1 Å². The molecular weight excluding hydrogens is 498 g/mol. The number of benzene rings is 2. The second kappa shape index (κ2) is 10.5. The van der Waals surface area contributed by atoms with Crippen molar-refractivity contribution >= 4 is 42.6 Å². The van der Waals surface area contributed by atoms with E-state index in [1.54, 1.807) is 36.3 Å². The van der Waals surface area contributed by atoms with Gasteiger partial charge in [-0.3, -0.25) is 9.69 Å². The van der Waals surface area contributed by atoms with Crippen LogP contribution in [0.4, 0.5) is 5.13 Å². The molecule has 3 heterocycles. The van der Waals surface area contributed by atoms with Gasteiger partial charge in [-0.1, -0.05) is 23.5 Å². The number of piperidine rings is 1. The maximum absolute atomic E-state index is 13.9. The first-order valence-corrected chi connectivity index (χ1v) is 14.6. The van der Waals surface area contributed by atoms with E-state index in [4.69, 9.17) is 14.5 Å². The lowest BCUT2D eigenvalue weighted by atomic mass is 9.98.